The fraction of sp³-hybridized carbons (Fsp3) is 0.167. The lowest BCUT2D eigenvalue weighted by Gasteiger charge is -2.14. The molecular weight excluding hydrogens is 470 g/mol. The number of halogens is 4. The van der Waals surface area contributed by atoms with E-state index in [1.165, 1.54) is 32.4 Å². The third-order valence-electron chi connectivity index (χ3n) is 5.18. The smallest absolute Gasteiger partial charge is 0.416 e. The number of alkyl halides is 3. The first-order chi connectivity index (χ1) is 16.7. The van der Waals surface area contributed by atoms with E-state index in [2.05, 4.69) is 15.5 Å². The molecule has 0 saturated heterocycles. The molecule has 0 aliphatic carbocycles. The largest absolute Gasteiger partial charge is 0.493 e. The summed E-state index contributed by atoms with van der Waals surface area (Å²) in [6.07, 6.45) is -4.73. The van der Waals surface area contributed by atoms with Gasteiger partial charge in [0.25, 0.3) is 5.91 Å². The number of benzene rings is 3. The number of aromatic amines is 1. The average Bonchev–Trinajstić information content (AvgIpc) is 3.24. The van der Waals surface area contributed by atoms with Crippen molar-refractivity contribution in [2.45, 2.75) is 12.8 Å². The molecule has 0 saturated carbocycles. The Morgan fingerprint density at radius 3 is 2.49 bits per heavy atom. The molecule has 182 valence electrons. The van der Waals surface area contributed by atoms with Crippen molar-refractivity contribution in [1.82, 2.24) is 10.2 Å². The molecule has 0 unspecified atom stereocenters. The number of fused-ring (bicyclic) bond motifs is 1. The maximum atomic E-state index is 13.3. The Bertz CT molecular complexity index is 1390. The fourth-order valence-corrected chi connectivity index (χ4v) is 3.43. The van der Waals surface area contributed by atoms with Crippen LogP contribution in [0.2, 0.25) is 0 Å². The Morgan fingerprint density at radius 2 is 1.77 bits per heavy atom. The first-order valence-corrected chi connectivity index (χ1v) is 10.2. The van der Waals surface area contributed by atoms with Crippen molar-refractivity contribution in [1.29, 1.82) is 0 Å². The summed E-state index contributed by atoms with van der Waals surface area (Å²) in [5, 5.41) is 10.0. The van der Waals surface area contributed by atoms with E-state index < -0.39 is 30.1 Å². The summed E-state index contributed by atoms with van der Waals surface area (Å²) in [7, 11) is 2.93. The van der Waals surface area contributed by atoms with Gasteiger partial charge >= 0.3 is 6.18 Å². The molecule has 0 aliphatic rings. The monoisotopic (exact) mass is 489 g/mol. The van der Waals surface area contributed by atoms with Crippen molar-refractivity contribution in [2.75, 3.05) is 19.5 Å². The Labute approximate surface area is 196 Å². The van der Waals surface area contributed by atoms with Crippen LogP contribution in [0.4, 0.5) is 23.4 Å². The molecule has 1 aromatic heterocycles. The lowest BCUT2D eigenvalue weighted by molar-refractivity contribution is -0.138. The van der Waals surface area contributed by atoms with Gasteiger partial charge in [0.1, 0.15) is 18.2 Å². The van der Waals surface area contributed by atoms with E-state index in [1.54, 1.807) is 18.2 Å². The number of carbonyl (C=O) groups excluding carboxylic acids is 1. The summed E-state index contributed by atoms with van der Waals surface area (Å²) in [6.45, 7) is -0.439. The Hall–Kier alpha value is -4.28. The summed E-state index contributed by atoms with van der Waals surface area (Å²) in [4.78, 5) is 12.7. The van der Waals surface area contributed by atoms with Crippen LogP contribution in [0.5, 0.6) is 17.2 Å². The molecule has 0 fully saturated rings. The molecule has 3 aromatic carbocycles. The van der Waals surface area contributed by atoms with Gasteiger partial charge in [-0.2, -0.15) is 18.3 Å². The van der Waals surface area contributed by atoms with Crippen molar-refractivity contribution in [3.05, 3.63) is 77.1 Å². The second-order valence-corrected chi connectivity index (χ2v) is 7.39. The Kier molecular flexibility index (Phi) is 6.50. The molecule has 35 heavy (non-hydrogen) atoms. The van der Waals surface area contributed by atoms with Crippen LogP contribution in [0, 0.1) is 5.82 Å². The summed E-state index contributed by atoms with van der Waals surface area (Å²) in [5.41, 5.74) is -0.460. The molecule has 4 rings (SSSR count). The van der Waals surface area contributed by atoms with Crippen LogP contribution >= 0.6 is 0 Å². The fourth-order valence-electron chi connectivity index (χ4n) is 3.43. The lowest BCUT2D eigenvalue weighted by Crippen LogP contribution is -2.12. The van der Waals surface area contributed by atoms with Crippen LogP contribution in [0.15, 0.2) is 54.6 Å². The van der Waals surface area contributed by atoms with Gasteiger partial charge < -0.3 is 19.5 Å². The number of anilines is 1. The molecule has 1 amide bonds. The van der Waals surface area contributed by atoms with Crippen LogP contribution < -0.4 is 19.5 Å². The molecule has 7 nitrogen and oxygen atoms in total. The number of aromatic nitrogens is 2. The van der Waals surface area contributed by atoms with E-state index in [1.807, 2.05) is 0 Å². The first kappa shape index (κ1) is 23.9. The standard InChI is InChI=1S/C24H19F4N3O4/c1-33-20-8-4-13(9-21(20)34-2)23(32)29-22-17-11-16(6-7-19(17)30-31-22)35-12-14-3-5-15(25)10-18(14)24(26,27)28/h3-11H,12H2,1-2H3,(H2,29,30,31,32). The second kappa shape index (κ2) is 9.53. The van der Waals surface area contributed by atoms with Crippen LogP contribution in [0.25, 0.3) is 10.9 Å². The molecule has 2 N–H and O–H groups in total. The minimum absolute atomic E-state index is 0.197. The van der Waals surface area contributed by atoms with Gasteiger partial charge in [0.05, 0.1) is 25.3 Å². The Morgan fingerprint density at radius 1 is 1.00 bits per heavy atom. The molecule has 1 heterocycles. The number of methoxy groups -OCH3 is 2. The van der Waals surface area contributed by atoms with Crippen molar-refractivity contribution in [2.24, 2.45) is 0 Å². The van der Waals surface area contributed by atoms with Gasteiger partial charge in [-0.05, 0) is 48.5 Å². The summed E-state index contributed by atoms with van der Waals surface area (Å²) in [5.74, 6) is -0.184. The van der Waals surface area contributed by atoms with E-state index in [4.69, 9.17) is 14.2 Å². The SMILES string of the molecule is COc1ccc(C(=O)Nc2n[nH]c3ccc(OCc4ccc(F)cc4C(F)(F)F)cc23)cc1OC. The zero-order chi connectivity index (χ0) is 25.2. The van der Waals surface area contributed by atoms with Crippen molar-refractivity contribution in [3.63, 3.8) is 0 Å². The highest BCUT2D eigenvalue weighted by molar-refractivity contribution is 6.08. The number of ether oxygens (including phenoxy) is 3. The molecular formula is C24H19F4N3O4. The number of hydrogen-bond acceptors (Lipinski definition) is 5. The highest BCUT2D eigenvalue weighted by Crippen LogP contribution is 2.34. The van der Waals surface area contributed by atoms with Gasteiger partial charge in [-0.3, -0.25) is 9.89 Å². The number of carbonyl (C=O) groups is 1. The van der Waals surface area contributed by atoms with Crippen molar-refractivity contribution in [3.8, 4) is 17.2 Å². The van der Waals surface area contributed by atoms with E-state index in [9.17, 15) is 22.4 Å². The average molecular weight is 489 g/mol. The molecule has 11 heteroatoms. The number of rotatable bonds is 7. The number of amides is 1. The molecule has 0 spiro atoms. The van der Waals surface area contributed by atoms with Gasteiger partial charge in [-0.1, -0.05) is 6.07 Å². The molecule has 4 aromatic rings. The number of H-pyrrole nitrogens is 1. The molecule has 0 radical (unpaired) electrons. The number of nitrogens with one attached hydrogen (secondary N) is 2. The van der Waals surface area contributed by atoms with Gasteiger partial charge in [-0.15, -0.1) is 0 Å². The Balaban J connectivity index is 1.55. The van der Waals surface area contributed by atoms with E-state index >= 15 is 0 Å². The van der Waals surface area contributed by atoms with Gasteiger partial charge in [-0.25, -0.2) is 4.39 Å². The van der Waals surface area contributed by atoms with Crippen LogP contribution in [0.3, 0.4) is 0 Å². The minimum atomic E-state index is -4.73. The van der Waals surface area contributed by atoms with Crippen molar-refractivity contribution >= 4 is 22.6 Å². The molecule has 0 bridgehead atoms. The topological polar surface area (TPSA) is 85.5 Å². The number of hydrogen-bond donors (Lipinski definition) is 2. The minimum Gasteiger partial charge on any atom is -0.493 e. The lowest BCUT2D eigenvalue weighted by atomic mass is 10.1. The predicted octanol–water partition coefficient (Wildman–Crippen LogP) is 5.57. The quantitative estimate of drug-likeness (QED) is 0.332. The maximum absolute atomic E-state index is 13.3. The normalized spacial score (nSPS) is 11.4. The van der Waals surface area contributed by atoms with E-state index in [-0.39, 0.29) is 17.1 Å². The van der Waals surface area contributed by atoms with Crippen molar-refractivity contribution < 1.29 is 36.6 Å². The predicted molar refractivity (Wildman–Crippen MR) is 119 cm³/mol. The maximum Gasteiger partial charge on any atom is 0.416 e. The third-order valence-corrected chi connectivity index (χ3v) is 5.18. The third kappa shape index (κ3) is 5.13. The summed E-state index contributed by atoms with van der Waals surface area (Å²) in [6, 6.07) is 11.7. The van der Waals surface area contributed by atoms with Crippen LogP contribution in [0.1, 0.15) is 21.5 Å². The van der Waals surface area contributed by atoms with Gasteiger partial charge in [0.2, 0.25) is 0 Å². The zero-order valence-corrected chi connectivity index (χ0v) is 18.5. The summed E-state index contributed by atoms with van der Waals surface area (Å²) < 4.78 is 69.0. The first-order valence-electron chi connectivity index (χ1n) is 10.2. The van der Waals surface area contributed by atoms with Crippen LogP contribution in [-0.4, -0.2) is 30.3 Å². The summed E-state index contributed by atoms with van der Waals surface area (Å²) >= 11 is 0. The van der Waals surface area contributed by atoms with E-state index in [0.29, 0.717) is 34.0 Å². The molecule has 0 aliphatic heterocycles. The number of nitrogens with zero attached hydrogens (tertiary/aromatic N) is 1. The zero-order valence-electron chi connectivity index (χ0n) is 18.5. The van der Waals surface area contributed by atoms with E-state index in [0.717, 1.165) is 12.1 Å². The second-order valence-electron chi connectivity index (χ2n) is 7.39. The highest BCUT2D eigenvalue weighted by atomic mass is 19.4. The molecule has 0 atom stereocenters. The van der Waals surface area contributed by atoms with Crippen LogP contribution in [-0.2, 0) is 12.8 Å². The highest BCUT2D eigenvalue weighted by Gasteiger charge is 2.34. The van der Waals surface area contributed by atoms with Gasteiger partial charge in [0.15, 0.2) is 17.3 Å². The van der Waals surface area contributed by atoms with Gasteiger partial charge in [0, 0.05) is 16.5 Å².